The SMILES string of the molecule is CCCC(=O)NC1CCN(C(=O)C(C)CNCC)CC1. The van der Waals surface area contributed by atoms with Crippen molar-refractivity contribution in [2.24, 2.45) is 5.92 Å². The van der Waals surface area contributed by atoms with Gasteiger partial charge in [-0.25, -0.2) is 0 Å². The minimum Gasteiger partial charge on any atom is -0.353 e. The Bertz CT molecular complexity index is 312. The normalized spacial score (nSPS) is 17.9. The van der Waals surface area contributed by atoms with Gasteiger partial charge in [-0.3, -0.25) is 9.59 Å². The summed E-state index contributed by atoms with van der Waals surface area (Å²) < 4.78 is 0. The van der Waals surface area contributed by atoms with Gasteiger partial charge in [0, 0.05) is 38.0 Å². The second-order valence-electron chi connectivity index (χ2n) is 5.63. The molecule has 0 spiro atoms. The molecule has 20 heavy (non-hydrogen) atoms. The Kier molecular flexibility index (Phi) is 7.59. The number of piperidine rings is 1. The maximum Gasteiger partial charge on any atom is 0.226 e. The molecule has 0 aromatic heterocycles. The zero-order valence-corrected chi connectivity index (χ0v) is 13.1. The largest absolute Gasteiger partial charge is 0.353 e. The standard InChI is InChI=1S/C15H29N3O2/c1-4-6-14(19)17-13-7-9-18(10-8-13)15(20)12(3)11-16-5-2/h12-13,16H,4-11H2,1-3H3,(H,17,19). The van der Waals surface area contributed by atoms with E-state index in [1.54, 1.807) is 0 Å². The highest BCUT2D eigenvalue weighted by Crippen LogP contribution is 2.13. The third-order valence-electron chi connectivity index (χ3n) is 3.77. The fourth-order valence-electron chi connectivity index (χ4n) is 2.53. The van der Waals surface area contributed by atoms with Crippen LogP contribution >= 0.6 is 0 Å². The number of nitrogens with zero attached hydrogens (tertiary/aromatic N) is 1. The first-order valence-electron chi connectivity index (χ1n) is 7.87. The van der Waals surface area contributed by atoms with Crippen LogP contribution < -0.4 is 10.6 Å². The van der Waals surface area contributed by atoms with Crippen LogP contribution in [0.25, 0.3) is 0 Å². The lowest BCUT2D eigenvalue weighted by Crippen LogP contribution is -2.48. The highest BCUT2D eigenvalue weighted by Gasteiger charge is 2.26. The van der Waals surface area contributed by atoms with Gasteiger partial charge in [-0.2, -0.15) is 0 Å². The van der Waals surface area contributed by atoms with Crippen molar-refractivity contribution in [3.05, 3.63) is 0 Å². The molecule has 0 aromatic rings. The first-order valence-corrected chi connectivity index (χ1v) is 7.87. The van der Waals surface area contributed by atoms with Crippen LogP contribution in [0.15, 0.2) is 0 Å². The number of hydrogen-bond acceptors (Lipinski definition) is 3. The second kappa shape index (κ2) is 8.95. The molecule has 5 nitrogen and oxygen atoms in total. The molecular weight excluding hydrogens is 254 g/mol. The lowest BCUT2D eigenvalue weighted by atomic mass is 10.0. The quantitative estimate of drug-likeness (QED) is 0.736. The van der Waals surface area contributed by atoms with Crippen LogP contribution in [0.3, 0.4) is 0 Å². The molecule has 1 aliphatic rings. The molecule has 0 aliphatic carbocycles. The molecule has 1 saturated heterocycles. The van der Waals surface area contributed by atoms with Crippen molar-refractivity contribution in [1.82, 2.24) is 15.5 Å². The van der Waals surface area contributed by atoms with E-state index in [1.165, 1.54) is 0 Å². The Morgan fingerprint density at radius 3 is 2.45 bits per heavy atom. The molecule has 1 unspecified atom stereocenters. The van der Waals surface area contributed by atoms with Gasteiger partial charge in [0.05, 0.1) is 0 Å². The number of carbonyl (C=O) groups is 2. The van der Waals surface area contributed by atoms with Gasteiger partial charge in [-0.05, 0) is 25.8 Å². The molecule has 2 amide bonds. The predicted molar refractivity (Wildman–Crippen MR) is 80.4 cm³/mol. The minimum atomic E-state index is 0.0289. The summed E-state index contributed by atoms with van der Waals surface area (Å²) >= 11 is 0. The van der Waals surface area contributed by atoms with Gasteiger partial charge in [0.1, 0.15) is 0 Å². The van der Waals surface area contributed by atoms with Gasteiger partial charge in [0.25, 0.3) is 0 Å². The van der Waals surface area contributed by atoms with Crippen molar-refractivity contribution in [2.75, 3.05) is 26.2 Å². The summed E-state index contributed by atoms with van der Waals surface area (Å²) in [6.07, 6.45) is 3.22. The lowest BCUT2D eigenvalue weighted by Gasteiger charge is -2.34. The molecule has 0 aromatic carbocycles. The van der Waals surface area contributed by atoms with Crippen LogP contribution in [0.4, 0.5) is 0 Å². The highest BCUT2D eigenvalue weighted by molar-refractivity contribution is 5.79. The van der Waals surface area contributed by atoms with E-state index in [1.807, 2.05) is 25.7 Å². The van der Waals surface area contributed by atoms with E-state index in [0.717, 1.165) is 45.4 Å². The molecular formula is C15H29N3O2. The zero-order valence-electron chi connectivity index (χ0n) is 13.1. The van der Waals surface area contributed by atoms with E-state index in [4.69, 9.17) is 0 Å². The van der Waals surface area contributed by atoms with Crippen molar-refractivity contribution >= 4 is 11.8 Å². The van der Waals surface area contributed by atoms with Gasteiger partial charge in [-0.15, -0.1) is 0 Å². The van der Waals surface area contributed by atoms with Gasteiger partial charge in [0.2, 0.25) is 11.8 Å². The second-order valence-corrected chi connectivity index (χ2v) is 5.63. The zero-order chi connectivity index (χ0) is 15.0. The molecule has 0 radical (unpaired) electrons. The average Bonchev–Trinajstić information content (AvgIpc) is 2.45. The van der Waals surface area contributed by atoms with E-state index in [2.05, 4.69) is 10.6 Å². The third kappa shape index (κ3) is 5.49. The van der Waals surface area contributed by atoms with E-state index < -0.39 is 0 Å². The number of carbonyl (C=O) groups excluding carboxylic acids is 2. The third-order valence-corrected chi connectivity index (χ3v) is 3.77. The summed E-state index contributed by atoms with van der Waals surface area (Å²) in [7, 11) is 0. The first kappa shape index (κ1) is 17.0. The summed E-state index contributed by atoms with van der Waals surface area (Å²) in [6.45, 7) is 9.17. The van der Waals surface area contributed by atoms with Crippen LogP contribution in [-0.4, -0.2) is 48.9 Å². The Morgan fingerprint density at radius 1 is 1.25 bits per heavy atom. The fraction of sp³-hybridized carbons (Fsp3) is 0.867. The van der Waals surface area contributed by atoms with Crippen LogP contribution in [0.5, 0.6) is 0 Å². The van der Waals surface area contributed by atoms with Crippen molar-refractivity contribution in [2.45, 2.75) is 52.5 Å². The van der Waals surface area contributed by atoms with Gasteiger partial charge >= 0.3 is 0 Å². The number of amides is 2. The predicted octanol–water partition coefficient (Wildman–Crippen LogP) is 1.14. The molecule has 5 heteroatoms. The number of likely N-dealkylation sites (tertiary alicyclic amines) is 1. The van der Waals surface area contributed by atoms with Crippen molar-refractivity contribution in [3.63, 3.8) is 0 Å². The molecule has 0 saturated carbocycles. The van der Waals surface area contributed by atoms with Crippen LogP contribution in [0.2, 0.25) is 0 Å². The van der Waals surface area contributed by atoms with Crippen molar-refractivity contribution in [1.29, 1.82) is 0 Å². The van der Waals surface area contributed by atoms with Gasteiger partial charge in [-0.1, -0.05) is 20.8 Å². The number of rotatable bonds is 7. The summed E-state index contributed by atoms with van der Waals surface area (Å²) in [4.78, 5) is 25.7. The number of nitrogens with one attached hydrogen (secondary N) is 2. The topological polar surface area (TPSA) is 61.4 Å². The highest BCUT2D eigenvalue weighted by atomic mass is 16.2. The number of hydrogen-bond donors (Lipinski definition) is 2. The summed E-state index contributed by atoms with van der Waals surface area (Å²) in [5.41, 5.74) is 0. The van der Waals surface area contributed by atoms with E-state index in [0.29, 0.717) is 6.42 Å². The van der Waals surface area contributed by atoms with Crippen molar-refractivity contribution in [3.8, 4) is 0 Å². The van der Waals surface area contributed by atoms with Gasteiger partial charge in [0.15, 0.2) is 0 Å². The van der Waals surface area contributed by atoms with Crippen molar-refractivity contribution < 1.29 is 9.59 Å². The molecule has 1 heterocycles. The van der Waals surface area contributed by atoms with Crippen LogP contribution in [-0.2, 0) is 9.59 Å². The maximum absolute atomic E-state index is 12.2. The minimum absolute atomic E-state index is 0.0289. The molecule has 1 fully saturated rings. The molecule has 0 bridgehead atoms. The van der Waals surface area contributed by atoms with Gasteiger partial charge < -0.3 is 15.5 Å². The Labute approximate surface area is 122 Å². The molecule has 116 valence electrons. The lowest BCUT2D eigenvalue weighted by molar-refractivity contribution is -0.136. The summed E-state index contributed by atoms with van der Waals surface area (Å²) in [5, 5.41) is 6.27. The maximum atomic E-state index is 12.2. The van der Waals surface area contributed by atoms with E-state index in [9.17, 15) is 9.59 Å². The smallest absolute Gasteiger partial charge is 0.226 e. The van der Waals surface area contributed by atoms with E-state index >= 15 is 0 Å². The summed E-state index contributed by atoms with van der Waals surface area (Å²) in [6, 6.07) is 0.238. The summed E-state index contributed by atoms with van der Waals surface area (Å²) in [5.74, 6) is 0.392. The van der Waals surface area contributed by atoms with Crippen LogP contribution in [0.1, 0.15) is 46.5 Å². The first-order chi connectivity index (χ1) is 9.58. The van der Waals surface area contributed by atoms with E-state index in [-0.39, 0.29) is 23.8 Å². The Morgan fingerprint density at radius 2 is 1.90 bits per heavy atom. The molecule has 1 rings (SSSR count). The fourth-order valence-corrected chi connectivity index (χ4v) is 2.53. The van der Waals surface area contributed by atoms with Crippen LogP contribution in [0, 0.1) is 5.92 Å². The Balaban J connectivity index is 2.30. The average molecular weight is 283 g/mol. The molecule has 1 aliphatic heterocycles. The molecule has 2 N–H and O–H groups in total. The Hall–Kier alpha value is -1.10. The molecule has 1 atom stereocenters. The monoisotopic (exact) mass is 283 g/mol.